The van der Waals surface area contributed by atoms with Crippen molar-refractivity contribution in [1.82, 2.24) is 19.7 Å². The van der Waals surface area contributed by atoms with Gasteiger partial charge in [-0.15, -0.1) is 0 Å². The maximum Gasteiger partial charge on any atom is 0.162 e. The first kappa shape index (κ1) is 12.0. The lowest BCUT2D eigenvalue weighted by Gasteiger charge is -2.29. The van der Waals surface area contributed by atoms with Crippen LogP contribution in [0.2, 0.25) is 0 Å². The molecule has 2 aromatic heterocycles. The van der Waals surface area contributed by atoms with E-state index in [1.54, 1.807) is 12.4 Å². The van der Waals surface area contributed by atoms with Crippen molar-refractivity contribution in [1.29, 1.82) is 0 Å². The van der Waals surface area contributed by atoms with Gasteiger partial charge in [-0.1, -0.05) is 11.6 Å². The molecule has 98 valence electrons. The number of hydrogen-bond acceptors (Lipinski definition) is 4. The van der Waals surface area contributed by atoms with Gasteiger partial charge in [-0.2, -0.15) is 5.10 Å². The van der Waals surface area contributed by atoms with Gasteiger partial charge in [-0.3, -0.25) is 4.68 Å². The molecule has 3 rings (SSSR count). The summed E-state index contributed by atoms with van der Waals surface area (Å²) in [6.07, 6.45) is 12.7. The van der Waals surface area contributed by atoms with E-state index in [1.165, 1.54) is 5.57 Å². The van der Waals surface area contributed by atoms with Gasteiger partial charge in [0.2, 0.25) is 0 Å². The first-order valence-electron chi connectivity index (χ1n) is 6.56. The zero-order chi connectivity index (χ0) is 13.1. The molecule has 0 atom stereocenters. The van der Waals surface area contributed by atoms with Crippen molar-refractivity contribution in [2.45, 2.75) is 25.3 Å². The summed E-state index contributed by atoms with van der Waals surface area (Å²) in [5, 5.41) is 4.41. The minimum absolute atomic E-state index is 0.474. The lowest BCUT2D eigenvalue weighted by molar-refractivity contribution is 0.370. The molecule has 0 aliphatic heterocycles. The van der Waals surface area contributed by atoms with Crippen LogP contribution in [0.5, 0.6) is 0 Å². The Labute approximate surface area is 112 Å². The van der Waals surface area contributed by atoms with E-state index in [9.17, 15) is 0 Å². The van der Waals surface area contributed by atoms with Crippen LogP contribution in [0.1, 0.15) is 25.3 Å². The first-order valence-corrected chi connectivity index (χ1v) is 6.56. The Balaban J connectivity index is 1.67. The van der Waals surface area contributed by atoms with Gasteiger partial charge in [0.1, 0.15) is 0 Å². The molecule has 0 bridgehead atoms. The van der Waals surface area contributed by atoms with Crippen molar-refractivity contribution >= 4 is 0 Å². The SMILES string of the molecule is NCCC=C1CC(n2cc(-c3ncccn3)cn2)C1. The molecule has 1 aliphatic carbocycles. The van der Waals surface area contributed by atoms with Crippen LogP contribution in [0, 0.1) is 0 Å². The molecule has 0 amide bonds. The first-order chi connectivity index (χ1) is 9.36. The molecule has 1 saturated carbocycles. The number of rotatable bonds is 4. The number of nitrogens with zero attached hydrogens (tertiary/aromatic N) is 4. The molecule has 5 nitrogen and oxygen atoms in total. The van der Waals surface area contributed by atoms with Gasteiger partial charge in [0.25, 0.3) is 0 Å². The van der Waals surface area contributed by atoms with Crippen molar-refractivity contribution in [2.24, 2.45) is 5.73 Å². The summed E-state index contributed by atoms with van der Waals surface area (Å²) in [5.74, 6) is 0.729. The van der Waals surface area contributed by atoms with E-state index in [2.05, 4.69) is 21.1 Å². The van der Waals surface area contributed by atoms with E-state index in [1.807, 2.05) is 23.1 Å². The fourth-order valence-electron chi connectivity index (χ4n) is 2.29. The van der Waals surface area contributed by atoms with Crippen molar-refractivity contribution in [2.75, 3.05) is 6.54 Å². The Bertz CT molecular complexity index is 565. The van der Waals surface area contributed by atoms with Crippen LogP contribution < -0.4 is 5.73 Å². The van der Waals surface area contributed by atoms with Crippen LogP contribution in [0.15, 0.2) is 42.5 Å². The lowest BCUT2D eigenvalue weighted by Crippen LogP contribution is -2.20. The zero-order valence-electron chi connectivity index (χ0n) is 10.7. The Hall–Kier alpha value is -2.01. The quantitative estimate of drug-likeness (QED) is 0.848. The molecular formula is C14H17N5. The number of allylic oxidation sites excluding steroid dienone is 1. The average molecular weight is 255 g/mol. The molecule has 0 radical (unpaired) electrons. The fourth-order valence-corrected chi connectivity index (χ4v) is 2.29. The summed E-state index contributed by atoms with van der Waals surface area (Å²) in [5.41, 5.74) is 7.95. The van der Waals surface area contributed by atoms with Crippen molar-refractivity contribution in [3.8, 4) is 11.4 Å². The van der Waals surface area contributed by atoms with Crippen LogP contribution >= 0.6 is 0 Å². The third-order valence-corrected chi connectivity index (χ3v) is 3.39. The summed E-state index contributed by atoms with van der Waals surface area (Å²) < 4.78 is 2.02. The van der Waals surface area contributed by atoms with Crippen LogP contribution in [0.4, 0.5) is 0 Å². The average Bonchev–Trinajstić information content (AvgIpc) is 2.87. The highest BCUT2D eigenvalue weighted by atomic mass is 15.3. The van der Waals surface area contributed by atoms with Gasteiger partial charge in [0.05, 0.1) is 17.8 Å². The monoisotopic (exact) mass is 255 g/mol. The second-order valence-corrected chi connectivity index (χ2v) is 4.78. The molecule has 1 aliphatic rings. The Morgan fingerprint density at radius 1 is 1.32 bits per heavy atom. The smallest absolute Gasteiger partial charge is 0.162 e. The predicted molar refractivity (Wildman–Crippen MR) is 73.3 cm³/mol. The maximum atomic E-state index is 5.49. The lowest BCUT2D eigenvalue weighted by atomic mass is 9.86. The Morgan fingerprint density at radius 3 is 2.84 bits per heavy atom. The topological polar surface area (TPSA) is 69.6 Å². The largest absolute Gasteiger partial charge is 0.330 e. The van der Waals surface area contributed by atoms with Gasteiger partial charge < -0.3 is 5.73 Å². The van der Waals surface area contributed by atoms with Crippen LogP contribution in [0.25, 0.3) is 11.4 Å². The number of nitrogens with two attached hydrogens (primary N) is 1. The number of hydrogen-bond donors (Lipinski definition) is 1. The summed E-state index contributed by atoms with van der Waals surface area (Å²) >= 11 is 0. The van der Waals surface area contributed by atoms with Crippen molar-refractivity contribution in [3.05, 3.63) is 42.5 Å². The van der Waals surface area contributed by atoms with E-state index in [-0.39, 0.29) is 0 Å². The molecule has 2 N–H and O–H groups in total. The Kier molecular flexibility index (Phi) is 3.37. The van der Waals surface area contributed by atoms with E-state index < -0.39 is 0 Å². The zero-order valence-corrected chi connectivity index (χ0v) is 10.7. The molecular weight excluding hydrogens is 238 g/mol. The van der Waals surface area contributed by atoms with Crippen LogP contribution in [0.3, 0.4) is 0 Å². The third-order valence-electron chi connectivity index (χ3n) is 3.39. The summed E-state index contributed by atoms with van der Waals surface area (Å²) in [4.78, 5) is 8.46. The molecule has 19 heavy (non-hydrogen) atoms. The highest BCUT2D eigenvalue weighted by molar-refractivity contribution is 5.51. The molecule has 1 fully saturated rings. The second kappa shape index (κ2) is 5.32. The Morgan fingerprint density at radius 2 is 2.11 bits per heavy atom. The highest BCUT2D eigenvalue weighted by Crippen LogP contribution is 2.37. The van der Waals surface area contributed by atoms with Gasteiger partial charge in [-0.05, 0) is 31.9 Å². The van der Waals surface area contributed by atoms with E-state index in [4.69, 9.17) is 5.73 Å². The maximum absolute atomic E-state index is 5.49. The molecule has 2 aromatic rings. The number of aromatic nitrogens is 4. The standard InChI is InChI=1S/C14H17N5/c15-4-1-3-11-7-13(8-11)19-10-12(9-18-19)14-16-5-2-6-17-14/h2-3,5-6,9-10,13H,1,4,7-8,15H2. The van der Waals surface area contributed by atoms with Crippen LogP contribution in [-0.4, -0.2) is 26.3 Å². The second-order valence-electron chi connectivity index (χ2n) is 4.78. The van der Waals surface area contributed by atoms with Gasteiger partial charge in [-0.25, -0.2) is 9.97 Å². The van der Waals surface area contributed by atoms with Gasteiger partial charge in [0, 0.05) is 18.6 Å². The molecule has 2 heterocycles. The minimum Gasteiger partial charge on any atom is -0.330 e. The summed E-state index contributed by atoms with van der Waals surface area (Å²) in [6.45, 7) is 0.728. The molecule has 0 saturated heterocycles. The van der Waals surface area contributed by atoms with Gasteiger partial charge in [0.15, 0.2) is 5.82 Å². The molecule has 0 spiro atoms. The summed E-state index contributed by atoms with van der Waals surface area (Å²) in [6, 6.07) is 2.29. The van der Waals surface area contributed by atoms with Crippen molar-refractivity contribution in [3.63, 3.8) is 0 Å². The predicted octanol–water partition coefficient (Wildman–Crippen LogP) is 1.95. The van der Waals surface area contributed by atoms with Crippen molar-refractivity contribution < 1.29 is 0 Å². The van der Waals surface area contributed by atoms with E-state index in [0.29, 0.717) is 6.04 Å². The highest BCUT2D eigenvalue weighted by Gasteiger charge is 2.25. The molecule has 0 aromatic carbocycles. The normalized spacial score (nSPS) is 18.2. The molecule has 0 unspecified atom stereocenters. The molecule has 5 heteroatoms. The van der Waals surface area contributed by atoms with E-state index in [0.717, 1.165) is 37.2 Å². The van der Waals surface area contributed by atoms with E-state index >= 15 is 0 Å². The third kappa shape index (κ3) is 2.56. The minimum atomic E-state index is 0.474. The summed E-state index contributed by atoms with van der Waals surface area (Å²) in [7, 11) is 0. The van der Waals surface area contributed by atoms with Gasteiger partial charge >= 0.3 is 0 Å². The fraction of sp³-hybridized carbons (Fsp3) is 0.357. The van der Waals surface area contributed by atoms with Crippen LogP contribution in [-0.2, 0) is 0 Å².